The van der Waals surface area contributed by atoms with Crippen molar-refractivity contribution >= 4 is 11.4 Å². The van der Waals surface area contributed by atoms with Gasteiger partial charge in [-0.15, -0.1) is 0 Å². The number of aryl methyl sites for hydroxylation is 1. The Labute approximate surface area is 113 Å². The third-order valence-corrected chi connectivity index (χ3v) is 3.60. The van der Waals surface area contributed by atoms with Crippen LogP contribution in [0.3, 0.4) is 0 Å². The van der Waals surface area contributed by atoms with Crippen LogP contribution < -0.4 is 5.32 Å². The van der Waals surface area contributed by atoms with Crippen molar-refractivity contribution in [3.8, 4) is 0 Å². The highest BCUT2D eigenvalue weighted by Gasteiger charge is 2.27. The van der Waals surface area contributed by atoms with Gasteiger partial charge in [0.25, 0.3) is 5.69 Å². The number of nitrogens with one attached hydrogen (secondary N) is 1. The first-order valence-electron chi connectivity index (χ1n) is 6.84. The quantitative estimate of drug-likeness (QED) is 0.607. The molecule has 1 saturated carbocycles. The highest BCUT2D eigenvalue weighted by Crippen LogP contribution is 2.26. The lowest BCUT2D eigenvalue weighted by Crippen LogP contribution is -2.30. The molecule has 1 fully saturated rings. The minimum atomic E-state index is -0.358. The van der Waals surface area contributed by atoms with Gasteiger partial charge >= 0.3 is 0 Å². The summed E-state index contributed by atoms with van der Waals surface area (Å²) < 4.78 is 0. The predicted octanol–water partition coefficient (Wildman–Crippen LogP) is 2.80. The maximum Gasteiger partial charge on any atom is 0.269 e. The Morgan fingerprint density at radius 3 is 2.74 bits per heavy atom. The molecule has 0 aromatic heterocycles. The van der Waals surface area contributed by atoms with E-state index < -0.39 is 0 Å². The zero-order valence-corrected chi connectivity index (χ0v) is 11.6. The molecular weight excluding hydrogens is 242 g/mol. The zero-order chi connectivity index (χ0) is 13.8. The Hall–Kier alpha value is -1.62. The lowest BCUT2D eigenvalue weighted by molar-refractivity contribution is -0.384. The molecule has 1 N–H and O–H groups in total. The second-order valence-electron chi connectivity index (χ2n) is 5.04. The number of likely N-dealkylation sites (N-methyl/N-ethyl adjacent to an activating group) is 1. The summed E-state index contributed by atoms with van der Waals surface area (Å²) in [5, 5.41) is 14.0. The van der Waals surface area contributed by atoms with Crippen molar-refractivity contribution in [3.63, 3.8) is 0 Å². The number of nitro benzene ring substituents is 1. The van der Waals surface area contributed by atoms with Crippen LogP contribution in [0.5, 0.6) is 0 Å². The third kappa shape index (κ3) is 3.67. The van der Waals surface area contributed by atoms with Crippen LogP contribution in [0.15, 0.2) is 18.2 Å². The Morgan fingerprint density at radius 2 is 2.21 bits per heavy atom. The minimum Gasteiger partial charge on any atom is -0.384 e. The van der Waals surface area contributed by atoms with E-state index in [-0.39, 0.29) is 10.6 Å². The van der Waals surface area contributed by atoms with E-state index in [2.05, 4.69) is 17.1 Å². The third-order valence-electron chi connectivity index (χ3n) is 3.60. The van der Waals surface area contributed by atoms with Crippen LogP contribution in [0.4, 0.5) is 11.4 Å². The Bertz CT molecular complexity index is 458. The van der Waals surface area contributed by atoms with Gasteiger partial charge in [-0.05, 0) is 37.9 Å². The number of nitrogens with zero attached hydrogens (tertiary/aromatic N) is 2. The molecule has 0 radical (unpaired) electrons. The number of hydrogen-bond donors (Lipinski definition) is 1. The lowest BCUT2D eigenvalue weighted by atomic mass is 10.2. The molecule has 1 aliphatic rings. The molecule has 0 heterocycles. The van der Waals surface area contributed by atoms with Crippen molar-refractivity contribution in [2.45, 2.75) is 32.7 Å². The van der Waals surface area contributed by atoms with Gasteiger partial charge in [-0.3, -0.25) is 15.0 Å². The SMILES string of the molecule is CCN(CCNc1ccc([N+](=O)[O-])cc1C)C1CC1. The zero-order valence-electron chi connectivity index (χ0n) is 11.6. The van der Waals surface area contributed by atoms with E-state index in [0.717, 1.165) is 36.9 Å². The van der Waals surface area contributed by atoms with E-state index in [4.69, 9.17) is 0 Å². The maximum atomic E-state index is 10.7. The maximum absolute atomic E-state index is 10.7. The summed E-state index contributed by atoms with van der Waals surface area (Å²) in [7, 11) is 0. The molecule has 2 rings (SSSR count). The van der Waals surface area contributed by atoms with Crippen LogP contribution in [-0.4, -0.2) is 35.5 Å². The van der Waals surface area contributed by atoms with Crippen LogP contribution in [0.25, 0.3) is 0 Å². The van der Waals surface area contributed by atoms with Crippen molar-refractivity contribution in [2.24, 2.45) is 0 Å². The summed E-state index contributed by atoms with van der Waals surface area (Å²) in [6.45, 7) is 7.08. The average Bonchev–Trinajstić information content (AvgIpc) is 3.20. The van der Waals surface area contributed by atoms with Crippen LogP contribution in [0.2, 0.25) is 0 Å². The van der Waals surface area contributed by atoms with Gasteiger partial charge in [0.05, 0.1) is 4.92 Å². The smallest absolute Gasteiger partial charge is 0.269 e. The van der Waals surface area contributed by atoms with Gasteiger partial charge in [-0.1, -0.05) is 6.92 Å². The van der Waals surface area contributed by atoms with E-state index >= 15 is 0 Å². The monoisotopic (exact) mass is 263 g/mol. The summed E-state index contributed by atoms with van der Waals surface area (Å²) in [6.07, 6.45) is 2.65. The Kier molecular flexibility index (Phi) is 4.37. The molecule has 0 amide bonds. The first-order chi connectivity index (χ1) is 9.11. The number of non-ortho nitro benzene ring substituents is 1. The highest BCUT2D eigenvalue weighted by molar-refractivity contribution is 5.55. The summed E-state index contributed by atoms with van der Waals surface area (Å²) in [6, 6.07) is 5.74. The van der Waals surface area contributed by atoms with E-state index in [9.17, 15) is 10.1 Å². The molecule has 0 aliphatic heterocycles. The number of hydrogen-bond acceptors (Lipinski definition) is 4. The van der Waals surface area contributed by atoms with Crippen LogP contribution in [0, 0.1) is 17.0 Å². The number of benzene rings is 1. The number of nitro groups is 1. The highest BCUT2D eigenvalue weighted by atomic mass is 16.6. The molecule has 5 heteroatoms. The van der Waals surface area contributed by atoms with Crippen molar-refractivity contribution < 1.29 is 4.92 Å². The van der Waals surface area contributed by atoms with Crippen molar-refractivity contribution in [1.82, 2.24) is 4.90 Å². The molecule has 1 aromatic carbocycles. The van der Waals surface area contributed by atoms with Crippen LogP contribution in [0.1, 0.15) is 25.3 Å². The molecule has 1 aliphatic carbocycles. The molecule has 0 saturated heterocycles. The average molecular weight is 263 g/mol. The van der Waals surface area contributed by atoms with Crippen molar-refractivity contribution in [3.05, 3.63) is 33.9 Å². The number of anilines is 1. The topological polar surface area (TPSA) is 58.4 Å². The summed E-state index contributed by atoms with van der Waals surface area (Å²) in [5.41, 5.74) is 2.05. The van der Waals surface area contributed by atoms with Gasteiger partial charge < -0.3 is 5.32 Å². The fourth-order valence-electron chi connectivity index (χ4n) is 2.33. The second kappa shape index (κ2) is 6.02. The largest absolute Gasteiger partial charge is 0.384 e. The normalized spacial score (nSPS) is 14.7. The lowest BCUT2D eigenvalue weighted by Gasteiger charge is -2.20. The molecule has 0 bridgehead atoms. The van der Waals surface area contributed by atoms with E-state index in [0.29, 0.717) is 0 Å². The van der Waals surface area contributed by atoms with Gasteiger partial charge in [0.1, 0.15) is 0 Å². The Morgan fingerprint density at radius 1 is 1.47 bits per heavy atom. The van der Waals surface area contributed by atoms with Gasteiger partial charge in [0, 0.05) is 37.0 Å². The van der Waals surface area contributed by atoms with Gasteiger partial charge in [0.2, 0.25) is 0 Å². The molecule has 19 heavy (non-hydrogen) atoms. The summed E-state index contributed by atoms with van der Waals surface area (Å²) >= 11 is 0. The van der Waals surface area contributed by atoms with Gasteiger partial charge in [-0.25, -0.2) is 0 Å². The van der Waals surface area contributed by atoms with Gasteiger partial charge in [0.15, 0.2) is 0 Å². The van der Waals surface area contributed by atoms with E-state index in [1.807, 2.05) is 6.92 Å². The predicted molar refractivity (Wildman–Crippen MR) is 76.6 cm³/mol. The molecule has 0 unspecified atom stereocenters. The van der Waals surface area contributed by atoms with E-state index in [1.54, 1.807) is 18.2 Å². The molecule has 0 spiro atoms. The first-order valence-corrected chi connectivity index (χ1v) is 6.84. The molecule has 5 nitrogen and oxygen atoms in total. The van der Waals surface area contributed by atoms with Crippen LogP contribution in [-0.2, 0) is 0 Å². The summed E-state index contributed by atoms with van der Waals surface area (Å²) in [5.74, 6) is 0. The Balaban J connectivity index is 1.87. The van der Waals surface area contributed by atoms with Crippen molar-refractivity contribution in [2.75, 3.05) is 25.0 Å². The fourth-order valence-corrected chi connectivity index (χ4v) is 2.33. The van der Waals surface area contributed by atoms with Gasteiger partial charge in [-0.2, -0.15) is 0 Å². The molecular formula is C14H21N3O2. The minimum absolute atomic E-state index is 0.149. The van der Waals surface area contributed by atoms with E-state index in [1.165, 1.54) is 12.8 Å². The summed E-state index contributed by atoms with van der Waals surface area (Å²) in [4.78, 5) is 12.8. The molecule has 1 aromatic rings. The standard InChI is InChI=1S/C14H21N3O2/c1-3-16(12-4-5-12)9-8-15-14-7-6-13(17(18)19)10-11(14)2/h6-7,10,12,15H,3-5,8-9H2,1-2H3. The van der Waals surface area contributed by atoms with Crippen LogP contribution >= 0.6 is 0 Å². The molecule has 0 atom stereocenters. The molecule has 104 valence electrons. The first kappa shape index (κ1) is 13.8. The number of rotatable bonds is 7. The fraction of sp³-hybridized carbons (Fsp3) is 0.571. The van der Waals surface area contributed by atoms with Crippen molar-refractivity contribution in [1.29, 1.82) is 0 Å². The second-order valence-corrected chi connectivity index (χ2v) is 5.04.